The van der Waals surface area contributed by atoms with Crippen LogP contribution in [0.2, 0.25) is 0 Å². The SMILES string of the molecule is CCN1/C(=C/C=C/C=C/C2=[N+](CCCCCC(=O)NC(CSSCCCOC(=O)Nc3nc(N)nc4c3ncn4[C@@H]3C[C@H](O)[C@@H](COP(=O)(O)OP(=O)(O)OP(=O)(O)O)O3)C(=O)NCCOCCOCCOCC(=O)NC/C=C/c3cn(C4CC(O)C(OP(=O)(O)O)O4)c(=O)nc3N)c3ccc(S(=O)(=O)O)cc3C2(C)C)C(C)(C)c2cc(S(=O)(=O)O)ccc21. The van der Waals surface area contributed by atoms with Crippen LogP contribution in [0.4, 0.5) is 33.8 Å². The number of carbonyl (C=O) groups excluding carboxylic acids is 4. The van der Waals surface area contributed by atoms with E-state index in [-0.39, 0.29) is 128 Å². The van der Waals surface area contributed by atoms with Crippen molar-refractivity contribution in [1.82, 2.24) is 45.0 Å². The summed E-state index contributed by atoms with van der Waals surface area (Å²) >= 11 is 0. The van der Waals surface area contributed by atoms with E-state index >= 15 is 0 Å². The van der Waals surface area contributed by atoms with Crippen LogP contribution >= 0.6 is 52.9 Å². The molecule has 55 heteroatoms. The third-order valence-corrected chi connectivity index (χ3v) is 27.6. The van der Waals surface area contributed by atoms with Crippen LogP contribution in [0.1, 0.15) is 109 Å². The van der Waals surface area contributed by atoms with E-state index in [1.165, 1.54) is 75.1 Å². The maximum atomic E-state index is 13.8. The monoisotopic (exact) mass is 1900 g/mol. The predicted molar refractivity (Wildman–Crippen MR) is 445 cm³/mol. The van der Waals surface area contributed by atoms with Gasteiger partial charge in [-0.3, -0.25) is 47.0 Å². The molecular formula is C69H97N14O33P4S4+. The van der Waals surface area contributed by atoms with Gasteiger partial charge in [-0.25, -0.2) is 32.8 Å². The molecule has 47 nitrogen and oxygen atoms in total. The number of anilines is 4. The van der Waals surface area contributed by atoms with Crippen LogP contribution in [-0.2, 0) is 110 Å². The van der Waals surface area contributed by atoms with Gasteiger partial charge in [-0.1, -0.05) is 65.8 Å². The number of phosphoric acid groups is 4. The number of aliphatic hydroxyl groups is 2. The molecule has 2 aromatic carbocycles. The first kappa shape index (κ1) is 100. The minimum absolute atomic E-state index is 0.000444. The third-order valence-electron chi connectivity index (χ3n) is 19.1. The molecule has 9 atom stereocenters. The molecule has 684 valence electrons. The number of allylic oxidation sites excluding steroid dienone is 6. The highest BCUT2D eigenvalue weighted by Gasteiger charge is 2.47. The number of hydrogen-bond donors (Lipinski definition) is 16. The number of rotatable bonds is 47. The Morgan fingerprint density at radius 3 is 2.11 bits per heavy atom. The average molecular weight is 1900 g/mol. The predicted octanol–water partition coefficient (Wildman–Crippen LogP) is 4.00. The smallest absolute Gasteiger partial charge is 0.449 e. The van der Waals surface area contributed by atoms with Crippen LogP contribution in [0.25, 0.3) is 17.2 Å². The molecule has 0 aliphatic carbocycles. The normalized spacial score (nSPS) is 20.6. The number of nitrogen functional groups attached to an aromatic ring is 2. The number of carbonyl (C=O) groups is 4. The van der Waals surface area contributed by atoms with E-state index in [2.05, 4.69) is 68.3 Å². The van der Waals surface area contributed by atoms with Crippen molar-refractivity contribution in [2.24, 2.45) is 0 Å². The van der Waals surface area contributed by atoms with Crippen molar-refractivity contribution in [2.75, 3.05) is 112 Å². The van der Waals surface area contributed by atoms with Gasteiger partial charge in [0.25, 0.3) is 20.2 Å². The molecule has 0 spiro atoms. The van der Waals surface area contributed by atoms with Crippen LogP contribution in [0.3, 0.4) is 0 Å². The van der Waals surface area contributed by atoms with Gasteiger partial charge in [0.15, 0.2) is 29.0 Å². The summed E-state index contributed by atoms with van der Waals surface area (Å²) in [7, 11) is -28.6. The van der Waals surface area contributed by atoms with Gasteiger partial charge in [0.2, 0.25) is 29.4 Å². The summed E-state index contributed by atoms with van der Waals surface area (Å²) in [5, 5.41) is 31.6. The Morgan fingerprint density at radius 2 is 1.42 bits per heavy atom. The van der Waals surface area contributed by atoms with Gasteiger partial charge in [-0.15, -0.1) is 0 Å². The lowest BCUT2D eigenvalue weighted by Crippen LogP contribution is -2.48. The number of nitrogens with two attached hydrogens (primary N) is 2. The Morgan fingerprint density at radius 1 is 0.742 bits per heavy atom. The maximum absolute atomic E-state index is 13.8. The van der Waals surface area contributed by atoms with Gasteiger partial charge in [0.05, 0.1) is 73.9 Å². The number of ether oxygens (including phenoxy) is 6. The number of hydrogen-bond acceptors (Lipinski definition) is 34. The quantitative estimate of drug-likeness (QED) is 0.00653. The summed E-state index contributed by atoms with van der Waals surface area (Å²) in [6, 6.07) is 7.89. The van der Waals surface area contributed by atoms with Crippen molar-refractivity contribution < 1.29 is 154 Å². The molecule has 3 aromatic heterocycles. The fourth-order valence-electron chi connectivity index (χ4n) is 13.3. The first-order valence-electron chi connectivity index (χ1n) is 37.9. The van der Waals surface area contributed by atoms with Crippen molar-refractivity contribution >= 4 is 149 Å². The van der Waals surface area contributed by atoms with Crippen molar-refractivity contribution in [1.29, 1.82) is 0 Å². The highest BCUT2D eigenvalue weighted by molar-refractivity contribution is 8.76. The van der Waals surface area contributed by atoms with Crippen molar-refractivity contribution in [3.63, 3.8) is 0 Å². The molecule has 2 saturated heterocycles. The number of amides is 4. The van der Waals surface area contributed by atoms with E-state index < -0.39 is 142 Å². The van der Waals surface area contributed by atoms with Gasteiger partial charge in [0.1, 0.15) is 49.7 Å². The summed E-state index contributed by atoms with van der Waals surface area (Å²) in [6.45, 7) is 9.76. The number of aliphatic hydroxyl groups excluding tert-OH is 2. The largest absolute Gasteiger partial charge is 0.490 e. The van der Waals surface area contributed by atoms with E-state index in [0.29, 0.717) is 55.8 Å². The molecule has 4 aliphatic heterocycles. The second kappa shape index (κ2) is 43.4. The highest BCUT2D eigenvalue weighted by Crippen LogP contribution is 2.66. The summed E-state index contributed by atoms with van der Waals surface area (Å²) in [5.74, 6) is -1.69. The van der Waals surface area contributed by atoms with E-state index in [1.807, 2.05) is 65.0 Å². The van der Waals surface area contributed by atoms with E-state index in [0.717, 1.165) is 27.2 Å². The lowest BCUT2D eigenvalue weighted by Gasteiger charge is -2.25. The Hall–Kier alpha value is -7.66. The molecule has 0 bridgehead atoms. The van der Waals surface area contributed by atoms with Crippen molar-refractivity contribution in [3.05, 3.63) is 118 Å². The fourth-order valence-corrected chi connectivity index (χ4v) is 20.1. The molecular weight excluding hydrogens is 1800 g/mol. The molecule has 18 N–H and O–H groups in total. The Labute approximate surface area is 717 Å². The van der Waals surface area contributed by atoms with Gasteiger partial charge in [0, 0.05) is 103 Å². The summed E-state index contributed by atoms with van der Waals surface area (Å²) in [6.07, 6.45) is 6.76. The minimum atomic E-state index is -5.83. The molecule has 9 rings (SSSR count). The van der Waals surface area contributed by atoms with Crippen LogP contribution in [0.5, 0.6) is 0 Å². The van der Waals surface area contributed by atoms with Crippen molar-refractivity contribution in [3.8, 4) is 0 Å². The van der Waals surface area contributed by atoms with Crippen LogP contribution in [0, 0.1) is 0 Å². The summed E-state index contributed by atoms with van der Waals surface area (Å²) in [5.41, 5.74) is 14.4. The molecule has 0 radical (unpaired) electrons. The van der Waals surface area contributed by atoms with Crippen LogP contribution < -0.4 is 43.3 Å². The van der Waals surface area contributed by atoms with Gasteiger partial charge in [-0.2, -0.15) is 45.0 Å². The average Bonchev–Trinajstić information content (AvgIpc) is 1.59. The number of aromatic nitrogens is 6. The van der Waals surface area contributed by atoms with Crippen LogP contribution in [0.15, 0.2) is 106 Å². The van der Waals surface area contributed by atoms with E-state index in [1.54, 1.807) is 12.1 Å². The first-order valence-corrected chi connectivity index (χ1v) is 49.3. The number of likely N-dealkylation sites (N-methyl/N-ethyl adjacent to an activating group) is 1. The number of nitrogens with one attached hydrogen (secondary N) is 4. The highest BCUT2D eigenvalue weighted by atomic mass is 33.1. The molecule has 5 aromatic rings. The zero-order chi connectivity index (χ0) is 90.9. The molecule has 0 saturated carbocycles. The van der Waals surface area contributed by atoms with Crippen LogP contribution in [-0.4, -0.2) is 250 Å². The molecule has 124 heavy (non-hydrogen) atoms. The van der Waals surface area contributed by atoms with Crippen molar-refractivity contribution in [2.45, 2.75) is 143 Å². The Kier molecular flexibility index (Phi) is 35.1. The second-order valence-electron chi connectivity index (χ2n) is 28.8. The number of nitrogens with zero attached hydrogens (tertiary/aromatic N) is 8. The number of fused-ring (bicyclic) bond motifs is 3. The lowest BCUT2D eigenvalue weighted by molar-refractivity contribution is -0.438. The zero-order valence-electron chi connectivity index (χ0n) is 67.1. The number of phosphoric ester groups is 2. The Bertz CT molecular complexity index is 5380. The Balaban J connectivity index is 0.744. The second-order valence-corrected chi connectivity index (χ2v) is 39.8. The number of unbranched alkanes of at least 4 members (excludes halogenated alkanes) is 2. The topological polar surface area (TPSA) is 684 Å². The van der Waals surface area contributed by atoms with Gasteiger partial charge in [-0.05, 0) is 82.0 Å². The standard InChI is InChI=1S/C69H96N14O33P4S4/c1-6-80-48-21-19-43(123(101,102)103)33-45(48)68(2,3)53(80)16-9-7-10-17-54-69(4,5)46-34-44(124(104,105)106)20-22-49(46)81(54)25-12-8-11-18-55(86)75-47(63(88)73-24-27-107-28-29-108-30-31-109-39-56(87)72-23-13-15-42-37-82(66(89)76-60(42)70)57-36-51(85)64(113-57)114-117(91,92)93)40-122-121-32-14-26-110-67(90)78-61-59-62(79-65(71)77-61)83(41-74-59)58-35-50(84)52(112-58)38-111-119(97,98)116-120(99,100)115-118(94,95)96/h7,9-10,13,15-17,19-22,33-34,37,41,47,50-52,57-58,64,84-85H,6,8,11-12,14,18,23-32,35-36,38-40H2,1-5H3,(H15-,70,71,72,73,75,76,77,78,79,86,87,88,89,90,91,92,93,94,95,96,97,98,99,100,101,102,103,104,105,106)/p+1/b15-13+/t47?,50-,51?,52+,57?,58-,64?/m0/s1. The van der Waals surface area contributed by atoms with Gasteiger partial charge >= 0.3 is 43.1 Å². The molecule has 7 heterocycles. The summed E-state index contributed by atoms with van der Waals surface area (Å²) < 4.78 is 169. The number of imidazole rings is 1. The molecule has 4 aliphatic rings. The minimum Gasteiger partial charge on any atom is -0.449 e. The fraction of sp³-hybridized carbons (Fsp3) is 0.507. The lowest BCUT2D eigenvalue weighted by atomic mass is 9.81. The number of benzene rings is 2. The first-order chi connectivity index (χ1) is 58.1. The molecule has 4 amide bonds. The third kappa shape index (κ3) is 28.4. The zero-order valence-corrected chi connectivity index (χ0v) is 73.9. The molecule has 6 unspecified atom stereocenters. The molecule has 2 fully saturated rings. The van der Waals surface area contributed by atoms with E-state index in [9.17, 15) is 88.2 Å². The van der Waals surface area contributed by atoms with Gasteiger partial charge < -0.3 is 100 Å². The van der Waals surface area contributed by atoms with E-state index in [4.69, 9.17) is 59.5 Å². The summed E-state index contributed by atoms with van der Waals surface area (Å²) in [4.78, 5) is 139. The maximum Gasteiger partial charge on any atom is 0.490 e.